The van der Waals surface area contributed by atoms with Gasteiger partial charge in [-0.1, -0.05) is 5.92 Å². The Labute approximate surface area is 181 Å². The normalized spacial score (nSPS) is 11.4. The van der Waals surface area contributed by atoms with Crippen LogP contribution in [0.3, 0.4) is 0 Å². The Kier molecular flexibility index (Phi) is 6.18. The van der Waals surface area contributed by atoms with Crippen LogP contribution in [0.2, 0.25) is 0 Å². The fraction of sp³-hybridized carbons (Fsp3) is 0.176. The molecule has 0 saturated heterocycles. The van der Waals surface area contributed by atoms with Crippen LogP contribution in [0.15, 0.2) is 34.8 Å². The zero-order chi connectivity index (χ0) is 23.5. The predicted molar refractivity (Wildman–Crippen MR) is 107 cm³/mol. The second-order valence-corrected chi connectivity index (χ2v) is 9.99. The van der Waals surface area contributed by atoms with Gasteiger partial charge in [-0.25, -0.2) is 41.8 Å². The lowest BCUT2D eigenvalue weighted by molar-refractivity contribution is -0.135. The molecule has 0 bridgehead atoms. The minimum Gasteiger partial charge on any atom is -0.481 e. The van der Waals surface area contributed by atoms with Crippen LogP contribution >= 0.6 is 0 Å². The zero-order valence-electron chi connectivity index (χ0n) is 16.5. The lowest BCUT2D eigenvalue weighted by atomic mass is 10.3. The van der Waals surface area contributed by atoms with Crippen LogP contribution in [0.4, 0.5) is 0 Å². The average molecular weight is 475 g/mol. The van der Waals surface area contributed by atoms with Crippen molar-refractivity contribution in [3.63, 3.8) is 0 Å². The molecule has 0 fully saturated rings. The van der Waals surface area contributed by atoms with Crippen molar-refractivity contribution < 1.29 is 26.7 Å². The quantitative estimate of drug-likeness (QED) is 0.364. The Bertz CT molecular complexity index is 1400. The summed E-state index contributed by atoms with van der Waals surface area (Å²) in [7, 11) is -7.45. The zero-order valence-corrected chi connectivity index (χ0v) is 18.1. The molecule has 3 aromatic rings. The highest BCUT2D eigenvalue weighted by atomic mass is 32.2. The number of rotatable bonds is 5. The third-order valence-corrected chi connectivity index (χ3v) is 5.18. The van der Waals surface area contributed by atoms with E-state index in [4.69, 9.17) is 5.11 Å². The van der Waals surface area contributed by atoms with E-state index >= 15 is 0 Å². The van der Waals surface area contributed by atoms with Crippen molar-refractivity contribution >= 4 is 25.6 Å². The van der Waals surface area contributed by atoms with Crippen LogP contribution in [0.25, 0.3) is 23.0 Å². The molecule has 0 radical (unpaired) electrons. The van der Waals surface area contributed by atoms with Gasteiger partial charge in [0, 0.05) is 24.9 Å². The second-order valence-electron chi connectivity index (χ2n) is 6.17. The summed E-state index contributed by atoms with van der Waals surface area (Å²) in [6.07, 6.45) is 3.78. The molecular formula is C17H13N7O6S2. The van der Waals surface area contributed by atoms with Gasteiger partial charge in [-0.15, -0.1) is 0 Å². The van der Waals surface area contributed by atoms with E-state index in [2.05, 4.69) is 46.7 Å². The third-order valence-electron chi connectivity index (χ3n) is 3.46. The predicted octanol–water partition coefficient (Wildman–Crippen LogP) is -0.581. The first-order valence-corrected chi connectivity index (χ1v) is 12.3. The molecule has 0 amide bonds. The molecule has 13 nitrogen and oxygen atoms in total. The maximum atomic E-state index is 11.8. The molecule has 3 rings (SSSR count). The van der Waals surface area contributed by atoms with Crippen LogP contribution < -0.4 is 0 Å². The first-order chi connectivity index (χ1) is 14.9. The van der Waals surface area contributed by atoms with Crippen LogP contribution in [-0.2, 0) is 24.5 Å². The number of carboxylic acid groups (broad SMARTS) is 1. The van der Waals surface area contributed by atoms with Crippen molar-refractivity contribution in [1.29, 1.82) is 0 Å². The van der Waals surface area contributed by atoms with Gasteiger partial charge in [0.2, 0.25) is 35.8 Å². The van der Waals surface area contributed by atoms with E-state index < -0.39 is 42.4 Å². The van der Waals surface area contributed by atoms with Crippen LogP contribution in [0.1, 0.15) is 12.2 Å². The minimum absolute atomic E-state index is 0.0164. The maximum Gasteiger partial charge on any atom is 0.315 e. The van der Waals surface area contributed by atoms with E-state index in [-0.39, 0.29) is 28.9 Å². The summed E-state index contributed by atoms with van der Waals surface area (Å²) >= 11 is 0. The molecule has 15 heteroatoms. The Hall–Kier alpha value is -3.90. The molecular weight excluding hydrogens is 462 g/mol. The minimum atomic E-state index is -3.73. The topological polar surface area (TPSA) is 196 Å². The molecule has 0 spiro atoms. The summed E-state index contributed by atoms with van der Waals surface area (Å²) in [5.74, 6) is 3.30. The van der Waals surface area contributed by atoms with Crippen molar-refractivity contribution in [2.45, 2.75) is 16.7 Å². The summed E-state index contributed by atoms with van der Waals surface area (Å²) in [6.45, 7) is 0. The number of carbonyl (C=O) groups is 1. The molecule has 0 aromatic carbocycles. The molecule has 0 saturated carbocycles. The number of hydrogen-bond acceptors (Lipinski definition) is 12. The van der Waals surface area contributed by atoms with Gasteiger partial charge >= 0.3 is 5.97 Å². The van der Waals surface area contributed by atoms with Crippen LogP contribution in [0.5, 0.6) is 0 Å². The largest absolute Gasteiger partial charge is 0.481 e. The second kappa shape index (κ2) is 8.69. The monoisotopic (exact) mass is 475 g/mol. The molecule has 0 aliphatic carbocycles. The Balaban J connectivity index is 2.21. The molecule has 0 aliphatic rings. The SMILES string of the molecule is CS(=O)(=O)c1nccc(-c2nc(C#CCC(=O)O)nc(-c3ccnc(S(C)(=O)=O)n3)n2)n1. The highest BCUT2D eigenvalue weighted by Gasteiger charge is 2.18. The van der Waals surface area contributed by atoms with Gasteiger partial charge in [0.1, 0.15) is 17.8 Å². The van der Waals surface area contributed by atoms with E-state index in [1.165, 1.54) is 24.5 Å². The van der Waals surface area contributed by atoms with Gasteiger partial charge in [-0.05, 0) is 18.1 Å². The van der Waals surface area contributed by atoms with Gasteiger partial charge in [-0.3, -0.25) is 4.79 Å². The van der Waals surface area contributed by atoms with Crippen molar-refractivity contribution in [3.8, 4) is 34.9 Å². The summed E-state index contributed by atoms with van der Waals surface area (Å²) < 4.78 is 47.1. The molecule has 1 N–H and O–H groups in total. The van der Waals surface area contributed by atoms with Crippen molar-refractivity contribution in [3.05, 3.63) is 30.4 Å². The van der Waals surface area contributed by atoms with E-state index in [1.807, 2.05) is 0 Å². The van der Waals surface area contributed by atoms with Crippen LogP contribution in [-0.4, -0.2) is 75.3 Å². The molecule has 3 aromatic heterocycles. The molecule has 0 atom stereocenters. The number of carboxylic acids is 1. The molecule has 0 aliphatic heterocycles. The van der Waals surface area contributed by atoms with Crippen molar-refractivity contribution in [1.82, 2.24) is 34.9 Å². The number of nitrogens with zero attached hydrogens (tertiary/aromatic N) is 7. The fourth-order valence-corrected chi connectivity index (χ4v) is 3.18. The number of sulfone groups is 2. The van der Waals surface area contributed by atoms with Crippen molar-refractivity contribution in [2.75, 3.05) is 12.5 Å². The van der Waals surface area contributed by atoms with E-state index in [0.717, 1.165) is 12.5 Å². The van der Waals surface area contributed by atoms with Crippen LogP contribution in [0, 0.1) is 11.8 Å². The van der Waals surface area contributed by atoms with E-state index in [0.29, 0.717) is 0 Å². The first-order valence-electron chi connectivity index (χ1n) is 8.47. The Morgan fingerprint density at radius 2 is 1.31 bits per heavy atom. The van der Waals surface area contributed by atoms with E-state index in [9.17, 15) is 21.6 Å². The lowest BCUT2D eigenvalue weighted by Crippen LogP contribution is -2.08. The number of aromatic nitrogens is 7. The van der Waals surface area contributed by atoms with Gasteiger partial charge in [-0.2, -0.15) is 9.97 Å². The molecule has 164 valence electrons. The summed E-state index contributed by atoms with van der Waals surface area (Å²) in [5.41, 5.74) is 0.0329. The van der Waals surface area contributed by atoms with Gasteiger partial charge in [0.25, 0.3) is 0 Å². The Morgan fingerprint density at radius 3 is 1.72 bits per heavy atom. The van der Waals surface area contributed by atoms with Gasteiger partial charge < -0.3 is 5.11 Å². The average Bonchev–Trinajstić information content (AvgIpc) is 2.72. The summed E-state index contributed by atoms with van der Waals surface area (Å²) in [5, 5.41) is 7.84. The van der Waals surface area contributed by atoms with Crippen molar-refractivity contribution in [2.24, 2.45) is 0 Å². The lowest BCUT2D eigenvalue weighted by Gasteiger charge is -2.06. The number of hydrogen-bond donors (Lipinski definition) is 1. The highest BCUT2D eigenvalue weighted by molar-refractivity contribution is 7.90. The number of aliphatic carboxylic acids is 1. The summed E-state index contributed by atoms with van der Waals surface area (Å²) in [6, 6.07) is 2.70. The van der Waals surface area contributed by atoms with Gasteiger partial charge in [0.05, 0.1) is 0 Å². The van der Waals surface area contributed by atoms with Gasteiger partial charge in [0.15, 0.2) is 11.6 Å². The fourth-order valence-electron chi connectivity index (χ4n) is 2.15. The molecule has 32 heavy (non-hydrogen) atoms. The van der Waals surface area contributed by atoms with E-state index in [1.54, 1.807) is 0 Å². The third kappa shape index (κ3) is 5.62. The highest BCUT2D eigenvalue weighted by Crippen LogP contribution is 2.19. The Morgan fingerprint density at radius 1 is 0.844 bits per heavy atom. The molecule has 3 heterocycles. The molecule has 0 unspecified atom stereocenters. The smallest absolute Gasteiger partial charge is 0.315 e. The maximum absolute atomic E-state index is 11.8. The first kappa shape index (κ1) is 22.8. The standard InChI is InChI=1S/C17H13N7O6S2/c1-31(27,28)16-18-8-6-10(20-16)14-22-12(4-3-5-13(25)26)23-15(24-14)11-7-9-19-17(21-11)32(2,29)30/h6-9H,5H2,1-2H3,(H,25,26). The summed E-state index contributed by atoms with van der Waals surface area (Å²) in [4.78, 5) is 38.3.